The van der Waals surface area contributed by atoms with Crippen LogP contribution in [0.2, 0.25) is 0 Å². The molecule has 0 saturated heterocycles. The van der Waals surface area contributed by atoms with Crippen LogP contribution >= 0.6 is 0 Å². The van der Waals surface area contributed by atoms with Crippen LogP contribution in [-0.4, -0.2) is 23.7 Å². The summed E-state index contributed by atoms with van der Waals surface area (Å²) in [4.78, 5) is 23.3. The Morgan fingerprint density at radius 3 is 2.57 bits per heavy atom. The Kier molecular flexibility index (Phi) is 8.09. The van der Waals surface area contributed by atoms with Crippen LogP contribution in [0.3, 0.4) is 0 Å². The van der Waals surface area contributed by atoms with Gasteiger partial charge in [-0.3, -0.25) is 9.59 Å². The van der Waals surface area contributed by atoms with E-state index in [4.69, 9.17) is 4.74 Å². The van der Waals surface area contributed by atoms with E-state index in [1.54, 1.807) is 6.08 Å². The van der Waals surface area contributed by atoms with Crippen molar-refractivity contribution in [1.82, 2.24) is 0 Å². The number of allylic oxidation sites excluding steroid dienone is 1. The number of carbonyl (C=O) groups excluding carboxylic acids is 1. The van der Waals surface area contributed by atoms with Crippen molar-refractivity contribution < 1.29 is 19.4 Å². The molecule has 1 rings (SSSR count). The summed E-state index contributed by atoms with van der Waals surface area (Å²) in [5.41, 5.74) is 1.08. The number of carboxylic acid groups (broad SMARTS) is 1. The summed E-state index contributed by atoms with van der Waals surface area (Å²) in [7, 11) is 0. The predicted octanol–water partition coefficient (Wildman–Crippen LogP) is 3.95. The average molecular weight is 296 g/mol. The molecule has 0 aromatic heterocycles. The van der Waals surface area contributed by atoms with Crippen LogP contribution in [0.5, 0.6) is 0 Å². The zero-order valence-corrected chi connectivity index (χ0v) is 13.3. The van der Waals surface area contributed by atoms with E-state index in [0.29, 0.717) is 13.0 Å². The van der Waals surface area contributed by atoms with Gasteiger partial charge in [0.15, 0.2) is 0 Å². The van der Waals surface area contributed by atoms with E-state index in [2.05, 4.69) is 6.92 Å². The van der Waals surface area contributed by atoms with Gasteiger partial charge in [0.25, 0.3) is 0 Å². The van der Waals surface area contributed by atoms with Gasteiger partial charge in [-0.25, -0.2) is 0 Å². The molecule has 1 aliphatic carbocycles. The maximum Gasteiger partial charge on any atom is 0.313 e. The first-order valence-corrected chi connectivity index (χ1v) is 8.13. The Morgan fingerprint density at radius 1 is 1.24 bits per heavy atom. The Bertz CT molecular complexity index is 373. The molecule has 2 atom stereocenters. The third-order valence-corrected chi connectivity index (χ3v) is 4.08. The molecule has 2 unspecified atom stereocenters. The molecule has 120 valence electrons. The quantitative estimate of drug-likeness (QED) is 0.397. The van der Waals surface area contributed by atoms with Crippen molar-refractivity contribution in [1.29, 1.82) is 0 Å². The van der Waals surface area contributed by atoms with Crippen molar-refractivity contribution in [3.63, 3.8) is 0 Å². The minimum Gasteiger partial charge on any atom is -0.481 e. The van der Waals surface area contributed by atoms with Crippen molar-refractivity contribution >= 4 is 11.9 Å². The molecule has 1 aliphatic rings. The normalized spacial score (nSPS) is 21.7. The summed E-state index contributed by atoms with van der Waals surface area (Å²) in [5, 5.41) is 9.20. The van der Waals surface area contributed by atoms with Gasteiger partial charge in [0.2, 0.25) is 0 Å². The molecule has 0 saturated carbocycles. The fraction of sp³-hybridized carbons (Fsp3) is 0.765. The van der Waals surface area contributed by atoms with Gasteiger partial charge in [-0.15, -0.1) is 0 Å². The van der Waals surface area contributed by atoms with Crippen LogP contribution in [0.25, 0.3) is 0 Å². The Balaban J connectivity index is 2.32. The molecule has 4 nitrogen and oxygen atoms in total. The summed E-state index contributed by atoms with van der Waals surface area (Å²) in [6.07, 6.45) is 9.85. The third-order valence-electron chi connectivity index (χ3n) is 4.08. The van der Waals surface area contributed by atoms with E-state index >= 15 is 0 Å². The average Bonchev–Trinajstić information content (AvgIpc) is 2.45. The summed E-state index contributed by atoms with van der Waals surface area (Å²) in [5.74, 6) is -2.53. The number of aliphatic carboxylic acids is 1. The highest BCUT2D eigenvalue weighted by Crippen LogP contribution is 2.30. The van der Waals surface area contributed by atoms with Crippen LogP contribution in [0.15, 0.2) is 11.6 Å². The van der Waals surface area contributed by atoms with Gasteiger partial charge in [-0.1, -0.05) is 50.7 Å². The maximum atomic E-state index is 12.1. The minimum absolute atomic E-state index is 0.380. The Morgan fingerprint density at radius 2 is 1.90 bits per heavy atom. The highest BCUT2D eigenvalue weighted by Gasteiger charge is 2.35. The summed E-state index contributed by atoms with van der Waals surface area (Å²) < 4.78 is 5.27. The largest absolute Gasteiger partial charge is 0.481 e. The Labute approximate surface area is 127 Å². The number of hydrogen-bond donors (Lipinski definition) is 1. The number of ether oxygens (including phenoxy) is 1. The number of carboxylic acids is 1. The standard InChI is InChI=1S/C17H28O4/c1-3-4-5-6-7-8-11-21-17(20)15-12-13(2)9-10-14(15)16(18)19/h12,14-15H,3-11H2,1-2H3,(H,18,19). The molecule has 0 heterocycles. The van der Waals surface area contributed by atoms with Gasteiger partial charge >= 0.3 is 11.9 Å². The molecule has 0 aromatic rings. The van der Waals surface area contributed by atoms with Crippen molar-refractivity contribution in [2.45, 2.75) is 65.2 Å². The number of rotatable bonds is 9. The van der Waals surface area contributed by atoms with E-state index in [1.807, 2.05) is 6.92 Å². The van der Waals surface area contributed by atoms with Crippen LogP contribution in [0.4, 0.5) is 0 Å². The lowest BCUT2D eigenvalue weighted by molar-refractivity contribution is -0.156. The van der Waals surface area contributed by atoms with E-state index in [0.717, 1.165) is 24.8 Å². The first-order valence-electron chi connectivity index (χ1n) is 8.13. The van der Waals surface area contributed by atoms with Crippen molar-refractivity contribution in [2.75, 3.05) is 6.61 Å². The van der Waals surface area contributed by atoms with E-state index in [9.17, 15) is 14.7 Å². The molecule has 21 heavy (non-hydrogen) atoms. The monoisotopic (exact) mass is 296 g/mol. The number of esters is 1. The number of unbranched alkanes of at least 4 members (excludes halogenated alkanes) is 5. The van der Waals surface area contributed by atoms with Crippen molar-refractivity contribution in [2.24, 2.45) is 11.8 Å². The maximum absolute atomic E-state index is 12.1. The molecule has 0 spiro atoms. The van der Waals surface area contributed by atoms with Crippen LogP contribution in [0.1, 0.15) is 65.2 Å². The molecule has 1 N–H and O–H groups in total. The minimum atomic E-state index is -0.903. The lowest BCUT2D eigenvalue weighted by Gasteiger charge is -2.24. The van der Waals surface area contributed by atoms with E-state index < -0.39 is 17.8 Å². The zero-order chi connectivity index (χ0) is 15.7. The fourth-order valence-corrected chi connectivity index (χ4v) is 2.73. The second kappa shape index (κ2) is 9.59. The molecular weight excluding hydrogens is 268 g/mol. The van der Waals surface area contributed by atoms with Crippen molar-refractivity contribution in [3.8, 4) is 0 Å². The first kappa shape index (κ1) is 17.7. The molecule has 0 radical (unpaired) electrons. The molecular formula is C17H28O4. The highest BCUT2D eigenvalue weighted by atomic mass is 16.5. The van der Waals surface area contributed by atoms with E-state index in [-0.39, 0.29) is 5.97 Å². The molecule has 0 bridgehead atoms. The first-order chi connectivity index (χ1) is 10.1. The van der Waals surface area contributed by atoms with Crippen LogP contribution in [-0.2, 0) is 14.3 Å². The molecule has 0 fully saturated rings. The summed E-state index contributed by atoms with van der Waals surface area (Å²) in [6, 6.07) is 0. The number of carbonyl (C=O) groups is 2. The lowest BCUT2D eigenvalue weighted by Crippen LogP contribution is -2.32. The second-order valence-electron chi connectivity index (χ2n) is 5.96. The van der Waals surface area contributed by atoms with Crippen LogP contribution in [0, 0.1) is 11.8 Å². The van der Waals surface area contributed by atoms with Gasteiger partial charge in [0.05, 0.1) is 18.4 Å². The highest BCUT2D eigenvalue weighted by molar-refractivity contribution is 5.83. The second-order valence-corrected chi connectivity index (χ2v) is 5.96. The van der Waals surface area contributed by atoms with Gasteiger partial charge < -0.3 is 9.84 Å². The lowest BCUT2D eigenvalue weighted by atomic mass is 9.81. The van der Waals surface area contributed by atoms with Gasteiger partial charge in [-0.2, -0.15) is 0 Å². The van der Waals surface area contributed by atoms with Crippen LogP contribution < -0.4 is 0 Å². The van der Waals surface area contributed by atoms with Gasteiger partial charge in [-0.05, 0) is 26.2 Å². The molecule has 0 aliphatic heterocycles. The summed E-state index contributed by atoms with van der Waals surface area (Å²) in [6.45, 7) is 4.52. The third kappa shape index (κ3) is 6.32. The molecule has 0 amide bonds. The smallest absolute Gasteiger partial charge is 0.313 e. The SMILES string of the molecule is CCCCCCCCOC(=O)C1C=C(C)CCC1C(=O)O. The van der Waals surface area contributed by atoms with Gasteiger partial charge in [0.1, 0.15) is 0 Å². The zero-order valence-electron chi connectivity index (χ0n) is 13.3. The van der Waals surface area contributed by atoms with Gasteiger partial charge in [0, 0.05) is 0 Å². The fourth-order valence-electron chi connectivity index (χ4n) is 2.73. The topological polar surface area (TPSA) is 63.6 Å². The van der Waals surface area contributed by atoms with Crippen molar-refractivity contribution in [3.05, 3.63) is 11.6 Å². The summed E-state index contributed by atoms with van der Waals surface area (Å²) >= 11 is 0. The van der Waals surface area contributed by atoms with E-state index in [1.165, 1.54) is 25.7 Å². The molecule has 4 heteroatoms. The Hall–Kier alpha value is -1.32. The number of hydrogen-bond acceptors (Lipinski definition) is 3. The predicted molar refractivity (Wildman–Crippen MR) is 81.9 cm³/mol. The molecule has 0 aromatic carbocycles.